The van der Waals surface area contributed by atoms with E-state index in [0.717, 1.165) is 22.2 Å². The van der Waals surface area contributed by atoms with Crippen molar-refractivity contribution in [1.82, 2.24) is 9.62 Å². The van der Waals surface area contributed by atoms with Crippen LogP contribution in [0.15, 0.2) is 51.8 Å². The molecule has 0 bridgehead atoms. The Labute approximate surface area is 171 Å². The number of ether oxygens (including phenoxy) is 1. The minimum absolute atomic E-state index is 0.0228. The van der Waals surface area contributed by atoms with Crippen LogP contribution in [0.3, 0.4) is 0 Å². The van der Waals surface area contributed by atoms with Gasteiger partial charge in [-0.15, -0.1) is 0 Å². The highest BCUT2D eigenvalue weighted by Crippen LogP contribution is 2.27. The largest absolute Gasteiger partial charge is 0.497 e. The maximum atomic E-state index is 13.1. The Morgan fingerprint density at radius 3 is 2.68 bits per heavy atom. The molecule has 28 heavy (non-hydrogen) atoms. The first-order chi connectivity index (χ1) is 13.3. The summed E-state index contributed by atoms with van der Waals surface area (Å²) in [6.45, 7) is 0.498. The van der Waals surface area contributed by atoms with Crippen molar-refractivity contribution in [3.63, 3.8) is 0 Å². The number of carbonyl (C=O) groups is 1. The van der Waals surface area contributed by atoms with Crippen molar-refractivity contribution in [2.75, 3.05) is 13.7 Å². The molecule has 0 unspecified atom stereocenters. The van der Waals surface area contributed by atoms with Crippen molar-refractivity contribution < 1.29 is 22.3 Å². The number of amides is 1. The average Bonchev–Trinajstić information content (AvgIpc) is 3.17. The van der Waals surface area contributed by atoms with Gasteiger partial charge in [-0.2, -0.15) is 4.31 Å². The standard InChI is InChI=1S/C19H20BrFN2O4S/c1-27-16-10-13(9-14(20)11-16)12-22-19(24)18-3-2-8-23(18)28(25,26)17-6-4-15(21)5-7-17/h4-7,9-11,18H,2-3,8,12H2,1H3,(H,22,24)/t18-/m0/s1. The number of hydrogen-bond acceptors (Lipinski definition) is 4. The molecule has 0 aliphatic carbocycles. The fourth-order valence-corrected chi connectivity index (χ4v) is 5.36. The van der Waals surface area contributed by atoms with E-state index in [4.69, 9.17) is 4.74 Å². The number of halogens is 2. The normalized spacial score (nSPS) is 17.5. The van der Waals surface area contributed by atoms with Gasteiger partial charge < -0.3 is 10.1 Å². The fraction of sp³-hybridized carbons (Fsp3) is 0.316. The molecule has 0 radical (unpaired) electrons. The van der Waals surface area contributed by atoms with Gasteiger partial charge >= 0.3 is 0 Å². The van der Waals surface area contributed by atoms with E-state index in [2.05, 4.69) is 21.2 Å². The van der Waals surface area contributed by atoms with Gasteiger partial charge in [-0.3, -0.25) is 4.79 Å². The third-order valence-corrected chi connectivity index (χ3v) is 6.94. The molecule has 2 aromatic carbocycles. The minimum atomic E-state index is -3.87. The molecule has 1 amide bonds. The van der Waals surface area contributed by atoms with E-state index in [-0.39, 0.29) is 23.9 Å². The quantitative estimate of drug-likeness (QED) is 0.703. The van der Waals surface area contributed by atoms with E-state index in [1.807, 2.05) is 6.07 Å². The highest BCUT2D eigenvalue weighted by Gasteiger charge is 2.39. The zero-order valence-electron chi connectivity index (χ0n) is 15.2. The Morgan fingerprint density at radius 2 is 2.00 bits per heavy atom. The Hall–Kier alpha value is -1.97. The maximum absolute atomic E-state index is 13.1. The molecule has 0 spiro atoms. The van der Waals surface area contributed by atoms with Crippen LogP contribution in [-0.4, -0.2) is 38.3 Å². The third kappa shape index (κ3) is 4.53. The number of rotatable bonds is 6. The van der Waals surface area contributed by atoms with Crippen LogP contribution in [0.4, 0.5) is 4.39 Å². The number of hydrogen-bond donors (Lipinski definition) is 1. The molecular formula is C19H20BrFN2O4S. The third-order valence-electron chi connectivity index (χ3n) is 4.56. The van der Waals surface area contributed by atoms with Crippen LogP contribution in [0, 0.1) is 5.82 Å². The number of sulfonamides is 1. The molecule has 3 rings (SSSR count). The number of benzene rings is 2. The summed E-state index contributed by atoms with van der Waals surface area (Å²) in [4.78, 5) is 12.7. The topological polar surface area (TPSA) is 75.7 Å². The van der Waals surface area contributed by atoms with Gasteiger partial charge in [0, 0.05) is 17.6 Å². The van der Waals surface area contributed by atoms with Gasteiger partial charge in [-0.1, -0.05) is 15.9 Å². The molecule has 1 aliphatic heterocycles. The van der Waals surface area contributed by atoms with Gasteiger partial charge in [0.05, 0.1) is 12.0 Å². The summed E-state index contributed by atoms with van der Waals surface area (Å²) in [6, 6.07) is 9.29. The fourth-order valence-electron chi connectivity index (χ4n) is 3.18. The lowest BCUT2D eigenvalue weighted by atomic mass is 10.2. The molecule has 150 valence electrons. The van der Waals surface area contributed by atoms with Crippen LogP contribution < -0.4 is 10.1 Å². The number of carbonyl (C=O) groups excluding carboxylic acids is 1. The molecule has 1 saturated heterocycles. The summed E-state index contributed by atoms with van der Waals surface area (Å²) in [7, 11) is -2.32. The molecule has 1 heterocycles. The van der Waals surface area contributed by atoms with Crippen LogP contribution in [0.25, 0.3) is 0 Å². The molecule has 1 atom stereocenters. The predicted molar refractivity (Wildman–Crippen MR) is 106 cm³/mol. The van der Waals surface area contributed by atoms with Gasteiger partial charge in [0.1, 0.15) is 17.6 Å². The molecule has 0 saturated carbocycles. The summed E-state index contributed by atoms with van der Waals surface area (Å²) < 4.78 is 46.1. The lowest BCUT2D eigenvalue weighted by Gasteiger charge is -2.23. The van der Waals surface area contributed by atoms with E-state index in [1.165, 1.54) is 16.4 Å². The van der Waals surface area contributed by atoms with Gasteiger partial charge in [0.2, 0.25) is 15.9 Å². The van der Waals surface area contributed by atoms with Crippen LogP contribution in [0.5, 0.6) is 5.75 Å². The first kappa shape index (κ1) is 20.8. The summed E-state index contributed by atoms with van der Waals surface area (Å²) in [5.41, 5.74) is 0.825. The molecule has 0 aromatic heterocycles. The SMILES string of the molecule is COc1cc(Br)cc(CNC(=O)[C@@H]2CCCN2S(=O)(=O)c2ccc(F)cc2)c1. The summed E-state index contributed by atoms with van der Waals surface area (Å²) in [6.07, 6.45) is 1.03. The second kappa shape index (κ2) is 8.59. The van der Waals surface area contributed by atoms with Gasteiger partial charge in [-0.25, -0.2) is 12.8 Å². The molecule has 1 N–H and O–H groups in total. The molecule has 2 aromatic rings. The maximum Gasteiger partial charge on any atom is 0.243 e. The van der Waals surface area contributed by atoms with Gasteiger partial charge in [0.15, 0.2) is 0 Å². The van der Waals surface area contributed by atoms with E-state index < -0.39 is 21.9 Å². The van der Waals surface area contributed by atoms with Crippen LogP contribution in [0.1, 0.15) is 18.4 Å². The molecular weight excluding hydrogens is 451 g/mol. The number of methoxy groups -OCH3 is 1. The summed E-state index contributed by atoms with van der Waals surface area (Å²) in [5, 5.41) is 2.80. The van der Waals surface area contributed by atoms with Gasteiger partial charge in [0.25, 0.3) is 0 Å². The number of nitrogens with zero attached hydrogens (tertiary/aromatic N) is 1. The highest BCUT2D eigenvalue weighted by molar-refractivity contribution is 9.10. The smallest absolute Gasteiger partial charge is 0.243 e. The van der Waals surface area contributed by atoms with Crippen molar-refractivity contribution in [1.29, 1.82) is 0 Å². The second-order valence-corrected chi connectivity index (χ2v) is 9.25. The lowest BCUT2D eigenvalue weighted by molar-refractivity contribution is -0.124. The Morgan fingerprint density at radius 1 is 1.29 bits per heavy atom. The molecule has 1 aliphatic rings. The van der Waals surface area contributed by atoms with Crippen LogP contribution >= 0.6 is 15.9 Å². The molecule has 1 fully saturated rings. The second-order valence-electron chi connectivity index (χ2n) is 6.44. The zero-order chi connectivity index (χ0) is 20.3. The van der Waals surface area contributed by atoms with Gasteiger partial charge in [-0.05, 0) is 60.9 Å². The Balaban J connectivity index is 1.72. The van der Waals surface area contributed by atoms with E-state index in [0.29, 0.717) is 18.6 Å². The average molecular weight is 471 g/mol. The highest BCUT2D eigenvalue weighted by atomic mass is 79.9. The summed E-state index contributed by atoms with van der Waals surface area (Å²) in [5.74, 6) is -0.221. The summed E-state index contributed by atoms with van der Waals surface area (Å²) >= 11 is 3.39. The van der Waals surface area contributed by atoms with Crippen molar-refractivity contribution in [2.45, 2.75) is 30.3 Å². The monoisotopic (exact) mass is 470 g/mol. The Bertz CT molecular complexity index is 966. The van der Waals surface area contributed by atoms with E-state index in [1.54, 1.807) is 19.2 Å². The number of nitrogens with one attached hydrogen (secondary N) is 1. The van der Waals surface area contributed by atoms with Crippen LogP contribution in [0.2, 0.25) is 0 Å². The Kier molecular flexibility index (Phi) is 6.36. The first-order valence-corrected chi connectivity index (χ1v) is 10.9. The van der Waals surface area contributed by atoms with Crippen molar-refractivity contribution >= 4 is 31.9 Å². The first-order valence-electron chi connectivity index (χ1n) is 8.70. The minimum Gasteiger partial charge on any atom is -0.497 e. The lowest BCUT2D eigenvalue weighted by Crippen LogP contribution is -2.45. The van der Waals surface area contributed by atoms with E-state index in [9.17, 15) is 17.6 Å². The zero-order valence-corrected chi connectivity index (χ0v) is 17.6. The predicted octanol–water partition coefficient (Wildman–Crippen LogP) is 3.07. The van der Waals surface area contributed by atoms with Crippen molar-refractivity contribution in [3.8, 4) is 5.75 Å². The van der Waals surface area contributed by atoms with Crippen molar-refractivity contribution in [2.24, 2.45) is 0 Å². The van der Waals surface area contributed by atoms with Crippen LogP contribution in [-0.2, 0) is 21.4 Å². The molecule has 6 nitrogen and oxygen atoms in total. The van der Waals surface area contributed by atoms with Crippen molar-refractivity contribution in [3.05, 3.63) is 58.3 Å². The molecule has 9 heteroatoms. The van der Waals surface area contributed by atoms with E-state index >= 15 is 0 Å².